The van der Waals surface area contributed by atoms with Crippen LogP contribution in [0.15, 0.2) is 4.52 Å². The Kier molecular flexibility index (Phi) is 4.75. The van der Waals surface area contributed by atoms with E-state index >= 15 is 0 Å². The molecule has 1 aliphatic rings. The van der Waals surface area contributed by atoms with Crippen LogP contribution in [0.3, 0.4) is 0 Å². The predicted octanol–water partition coefficient (Wildman–Crippen LogP) is 2.90. The Hall–Kier alpha value is -0.900. The molecule has 102 valence electrons. The first-order valence-electron chi connectivity index (χ1n) is 7.18. The number of hydrogen-bond acceptors (Lipinski definition) is 4. The van der Waals surface area contributed by atoms with Crippen molar-refractivity contribution in [2.24, 2.45) is 5.92 Å². The molecular weight excluding hydrogens is 226 g/mol. The quantitative estimate of drug-likeness (QED) is 0.874. The van der Waals surface area contributed by atoms with E-state index < -0.39 is 0 Å². The van der Waals surface area contributed by atoms with Crippen LogP contribution in [0.5, 0.6) is 0 Å². The molecule has 0 unspecified atom stereocenters. The number of nitrogens with zero attached hydrogens (tertiary/aromatic N) is 2. The molecule has 1 fully saturated rings. The van der Waals surface area contributed by atoms with Crippen molar-refractivity contribution in [3.05, 3.63) is 11.7 Å². The zero-order valence-corrected chi connectivity index (χ0v) is 11.8. The van der Waals surface area contributed by atoms with Gasteiger partial charge in [-0.2, -0.15) is 4.98 Å². The average Bonchev–Trinajstić information content (AvgIpc) is 2.85. The van der Waals surface area contributed by atoms with Crippen molar-refractivity contribution in [3.8, 4) is 0 Å². The van der Waals surface area contributed by atoms with Gasteiger partial charge in [-0.05, 0) is 45.1 Å². The second-order valence-corrected chi connectivity index (χ2v) is 5.82. The third kappa shape index (κ3) is 3.55. The van der Waals surface area contributed by atoms with Crippen molar-refractivity contribution in [1.82, 2.24) is 15.5 Å². The van der Waals surface area contributed by atoms with E-state index in [0.29, 0.717) is 17.9 Å². The zero-order valence-electron chi connectivity index (χ0n) is 11.8. The van der Waals surface area contributed by atoms with Crippen LogP contribution in [0.1, 0.15) is 63.6 Å². The molecule has 0 atom stereocenters. The van der Waals surface area contributed by atoms with Crippen LogP contribution in [0.4, 0.5) is 0 Å². The van der Waals surface area contributed by atoms with Gasteiger partial charge in [0, 0.05) is 18.4 Å². The number of aromatic nitrogens is 2. The Balaban J connectivity index is 1.86. The SMILES string of the molecule is CNC1CCC(c2nc(CCC(C)C)no2)CC1. The number of rotatable bonds is 5. The molecule has 1 aromatic rings. The van der Waals surface area contributed by atoms with E-state index in [2.05, 4.69) is 29.3 Å². The molecule has 0 spiro atoms. The lowest BCUT2D eigenvalue weighted by Gasteiger charge is -2.25. The monoisotopic (exact) mass is 251 g/mol. The van der Waals surface area contributed by atoms with Gasteiger partial charge in [0.25, 0.3) is 0 Å². The molecule has 4 heteroatoms. The molecular formula is C14H25N3O. The summed E-state index contributed by atoms with van der Waals surface area (Å²) in [6, 6.07) is 0.671. The van der Waals surface area contributed by atoms with Crippen LogP contribution in [0.25, 0.3) is 0 Å². The smallest absolute Gasteiger partial charge is 0.229 e. The molecule has 0 radical (unpaired) electrons. The minimum Gasteiger partial charge on any atom is -0.339 e. The van der Waals surface area contributed by atoms with Gasteiger partial charge in [0.2, 0.25) is 5.89 Å². The second kappa shape index (κ2) is 6.32. The predicted molar refractivity (Wildman–Crippen MR) is 71.5 cm³/mol. The first-order valence-corrected chi connectivity index (χ1v) is 7.18. The topological polar surface area (TPSA) is 51.0 Å². The normalized spacial score (nSPS) is 24.7. The number of hydrogen-bond donors (Lipinski definition) is 1. The van der Waals surface area contributed by atoms with E-state index in [1.165, 1.54) is 12.8 Å². The fraction of sp³-hybridized carbons (Fsp3) is 0.857. The summed E-state index contributed by atoms with van der Waals surface area (Å²) in [6.07, 6.45) is 6.82. The molecule has 1 heterocycles. The molecule has 1 saturated carbocycles. The third-order valence-corrected chi connectivity index (χ3v) is 3.91. The van der Waals surface area contributed by atoms with Gasteiger partial charge in [0.1, 0.15) is 0 Å². The maximum Gasteiger partial charge on any atom is 0.229 e. The summed E-state index contributed by atoms with van der Waals surface area (Å²) in [5.41, 5.74) is 0. The fourth-order valence-corrected chi connectivity index (χ4v) is 2.58. The maximum absolute atomic E-state index is 5.42. The van der Waals surface area contributed by atoms with E-state index in [1.807, 2.05) is 7.05 Å². The highest BCUT2D eigenvalue weighted by molar-refractivity contribution is 4.97. The van der Waals surface area contributed by atoms with E-state index in [-0.39, 0.29) is 0 Å². The molecule has 1 N–H and O–H groups in total. The summed E-state index contributed by atoms with van der Waals surface area (Å²) in [4.78, 5) is 4.56. The van der Waals surface area contributed by atoms with Gasteiger partial charge in [0.05, 0.1) is 0 Å². The molecule has 2 rings (SSSR count). The molecule has 0 bridgehead atoms. The van der Waals surface area contributed by atoms with Crippen molar-refractivity contribution in [2.75, 3.05) is 7.05 Å². The molecule has 0 amide bonds. The lowest BCUT2D eigenvalue weighted by molar-refractivity contribution is 0.287. The van der Waals surface area contributed by atoms with Gasteiger partial charge < -0.3 is 9.84 Å². The summed E-state index contributed by atoms with van der Waals surface area (Å²) >= 11 is 0. The van der Waals surface area contributed by atoms with Crippen molar-refractivity contribution >= 4 is 0 Å². The molecule has 0 aliphatic heterocycles. The summed E-state index contributed by atoms with van der Waals surface area (Å²) in [6.45, 7) is 4.44. The Morgan fingerprint density at radius 1 is 1.28 bits per heavy atom. The van der Waals surface area contributed by atoms with Gasteiger partial charge in [-0.15, -0.1) is 0 Å². The Labute approximate surface area is 110 Å². The first kappa shape index (κ1) is 13.5. The van der Waals surface area contributed by atoms with Crippen LogP contribution in [0, 0.1) is 5.92 Å². The third-order valence-electron chi connectivity index (χ3n) is 3.91. The average molecular weight is 251 g/mol. The standard InChI is InChI=1S/C14H25N3O/c1-10(2)4-9-13-16-14(18-17-13)11-5-7-12(15-3)8-6-11/h10-12,15H,4-9H2,1-3H3. The van der Waals surface area contributed by atoms with E-state index in [0.717, 1.165) is 37.4 Å². The largest absolute Gasteiger partial charge is 0.339 e. The van der Waals surface area contributed by atoms with Crippen molar-refractivity contribution < 1.29 is 4.52 Å². The molecule has 1 aromatic heterocycles. The zero-order chi connectivity index (χ0) is 13.0. The minimum absolute atomic E-state index is 0.481. The summed E-state index contributed by atoms with van der Waals surface area (Å²) in [5.74, 6) is 2.92. The highest BCUT2D eigenvalue weighted by Crippen LogP contribution is 2.31. The minimum atomic E-state index is 0.481. The number of aryl methyl sites for hydroxylation is 1. The van der Waals surface area contributed by atoms with Crippen LogP contribution in [0.2, 0.25) is 0 Å². The summed E-state index contributed by atoms with van der Waals surface area (Å²) in [7, 11) is 2.04. The van der Waals surface area contributed by atoms with Gasteiger partial charge >= 0.3 is 0 Å². The van der Waals surface area contributed by atoms with E-state index in [4.69, 9.17) is 4.52 Å². The number of nitrogens with one attached hydrogen (secondary N) is 1. The second-order valence-electron chi connectivity index (χ2n) is 5.82. The molecule has 0 saturated heterocycles. The van der Waals surface area contributed by atoms with Crippen LogP contribution < -0.4 is 5.32 Å². The molecule has 0 aromatic carbocycles. The van der Waals surface area contributed by atoms with Gasteiger partial charge in [-0.3, -0.25) is 0 Å². The first-order chi connectivity index (χ1) is 8.69. The van der Waals surface area contributed by atoms with Crippen molar-refractivity contribution in [3.63, 3.8) is 0 Å². The molecule has 4 nitrogen and oxygen atoms in total. The highest BCUT2D eigenvalue weighted by atomic mass is 16.5. The Morgan fingerprint density at radius 3 is 2.61 bits per heavy atom. The Bertz CT molecular complexity index is 354. The Morgan fingerprint density at radius 2 is 2.00 bits per heavy atom. The van der Waals surface area contributed by atoms with E-state index in [1.54, 1.807) is 0 Å². The van der Waals surface area contributed by atoms with Gasteiger partial charge in [-0.25, -0.2) is 0 Å². The summed E-state index contributed by atoms with van der Waals surface area (Å²) in [5, 5.41) is 7.45. The van der Waals surface area contributed by atoms with Crippen molar-refractivity contribution in [1.29, 1.82) is 0 Å². The molecule has 18 heavy (non-hydrogen) atoms. The van der Waals surface area contributed by atoms with Crippen LogP contribution in [-0.2, 0) is 6.42 Å². The fourth-order valence-electron chi connectivity index (χ4n) is 2.58. The van der Waals surface area contributed by atoms with Crippen molar-refractivity contribution in [2.45, 2.75) is 64.3 Å². The molecule has 1 aliphatic carbocycles. The van der Waals surface area contributed by atoms with Gasteiger partial charge in [-0.1, -0.05) is 19.0 Å². The maximum atomic E-state index is 5.42. The highest BCUT2D eigenvalue weighted by Gasteiger charge is 2.25. The van der Waals surface area contributed by atoms with Crippen LogP contribution >= 0.6 is 0 Å². The van der Waals surface area contributed by atoms with E-state index in [9.17, 15) is 0 Å². The lowest BCUT2D eigenvalue weighted by Crippen LogP contribution is -2.29. The van der Waals surface area contributed by atoms with Crippen LogP contribution in [-0.4, -0.2) is 23.2 Å². The van der Waals surface area contributed by atoms with Gasteiger partial charge in [0.15, 0.2) is 5.82 Å². The lowest BCUT2D eigenvalue weighted by atomic mass is 9.86. The summed E-state index contributed by atoms with van der Waals surface area (Å²) < 4.78 is 5.42.